The van der Waals surface area contributed by atoms with Crippen LogP contribution in [0.2, 0.25) is 10.0 Å². The molecule has 0 spiro atoms. The van der Waals surface area contributed by atoms with Crippen LogP contribution < -0.4 is 0 Å². The number of halogens is 3. The van der Waals surface area contributed by atoms with E-state index < -0.39 is 0 Å². The van der Waals surface area contributed by atoms with Crippen LogP contribution in [0.25, 0.3) is 32.9 Å². The van der Waals surface area contributed by atoms with Crippen molar-refractivity contribution >= 4 is 44.8 Å². The van der Waals surface area contributed by atoms with Crippen LogP contribution in [0.15, 0.2) is 34.9 Å². The minimum Gasteiger partial charge on any atom is -0.373 e. The Morgan fingerprint density at radius 3 is 2.54 bits per heavy atom. The van der Waals surface area contributed by atoms with Crippen molar-refractivity contribution in [3.05, 3.63) is 62.5 Å². The molecular formula is C27H23Cl2FN6O2S. The summed E-state index contributed by atoms with van der Waals surface area (Å²) < 4.78 is 27.8. The maximum atomic E-state index is 14.8. The molecule has 0 aliphatic heterocycles. The molecule has 0 radical (unpaired) electrons. The number of hydrogen-bond donors (Lipinski definition) is 1. The van der Waals surface area contributed by atoms with E-state index in [1.165, 1.54) is 17.4 Å². The molecule has 2 saturated carbocycles. The largest absolute Gasteiger partial charge is 0.373 e. The first-order chi connectivity index (χ1) is 19.0. The average molecular weight is 585 g/mol. The molecule has 3 heterocycles. The van der Waals surface area contributed by atoms with Gasteiger partial charge >= 0.3 is 0 Å². The molecule has 0 amide bonds. The summed E-state index contributed by atoms with van der Waals surface area (Å²) in [7, 11) is 0. The summed E-state index contributed by atoms with van der Waals surface area (Å²) in [6.07, 6.45) is 5.91. The third-order valence-corrected chi connectivity index (χ3v) is 9.33. The van der Waals surface area contributed by atoms with Gasteiger partial charge in [-0.3, -0.25) is 0 Å². The molecule has 7 rings (SSSR count). The summed E-state index contributed by atoms with van der Waals surface area (Å²) >= 11 is 14.5. The maximum absolute atomic E-state index is 14.8. The van der Waals surface area contributed by atoms with Crippen molar-refractivity contribution in [1.82, 2.24) is 30.8 Å². The minimum absolute atomic E-state index is 0.106. The summed E-state index contributed by atoms with van der Waals surface area (Å²) in [5.41, 5.74) is 3.29. The Morgan fingerprint density at radius 1 is 1.05 bits per heavy atom. The standard InChI is InChI=1S/C27H23Cl2FN6O2S/c28-18-2-1-3-19(29)22(18)23-17(25(38-34-23)13-4-5-13)12-37-16-8-6-14(7-9-16)27-31-24-20(30)10-15(11-21(24)39-27)26-32-35-36-33-26/h1-3,10-11,13-14,16H,4-9,12H2,(H,32,33,35,36)/t14-,16-. The van der Waals surface area contributed by atoms with E-state index in [9.17, 15) is 4.39 Å². The fraction of sp³-hybridized carbons (Fsp3) is 0.370. The second-order valence-corrected chi connectivity index (χ2v) is 12.0. The number of nitrogens with zero attached hydrogens (tertiary/aromatic N) is 5. The van der Waals surface area contributed by atoms with E-state index >= 15 is 0 Å². The van der Waals surface area contributed by atoms with E-state index in [1.54, 1.807) is 12.1 Å². The average Bonchev–Trinajstić information content (AvgIpc) is 3.30. The Labute approximate surface area is 236 Å². The van der Waals surface area contributed by atoms with Crippen molar-refractivity contribution in [2.75, 3.05) is 0 Å². The zero-order valence-electron chi connectivity index (χ0n) is 20.7. The molecule has 5 aromatic rings. The summed E-state index contributed by atoms with van der Waals surface area (Å²) in [5.74, 6) is 1.59. The van der Waals surface area contributed by atoms with Gasteiger partial charge in [0.1, 0.15) is 17.0 Å². The molecular weight excluding hydrogens is 562 g/mol. The molecule has 8 nitrogen and oxygen atoms in total. The molecule has 0 atom stereocenters. The molecule has 2 fully saturated rings. The quantitative estimate of drug-likeness (QED) is 0.209. The van der Waals surface area contributed by atoms with E-state index in [-0.39, 0.29) is 17.8 Å². The number of aromatic amines is 1. The monoisotopic (exact) mass is 584 g/mol. The van der Waals surface area contributed by atoms with Crippen molar-refractivity contribution in [2.45, 2.75) is 63.1 Å². The third kappa shape index (κ3) is 4.84. The maximum Gasteiger partial charge on any atom is 0.179 e. The van der Waals surface area contributed by atoms with Crippen LogP contribution in [0.4, 0.5) is 4.39 Å². The fourth-order valence-corrected chi connectivity index (χ4v) is 7.09. The van der Waals surface area contributed by atoms with Crippen molar-refractivity contribution in [3.63, 3.8) is 0 Å². The number of nitrogens with one attached hydrogen (secondary N) is 1. The van der Waals surface area contributed by atoms with E-state index in [1.807, 2.05) is 12.1 Å². The van der Waals surface area contributed by atoms with Gasteiger partial charge in [-0.15, -0.1) is 16.4 Å². The van der Waals surface area contributed by atoms with Crippen molar-refractivity contribution in [1.29, 1.82) is 0 Å². The first kappa shape index (κ1) is 25.1. The molecule has 0 saturated heterocycles. The molecule has 1 N–H and O–H groups in total. The van der Waals surface area contributed by atoms with Crippen LogP contribution in [0.3, 0.4) is 0 Å². The molecule has 3 aromatic heterocycles. The van der Waals surface area contributed by atoms with Gasteiger partial charge in [-0.2, -0.15) is 0 Å². The van der Waals surface area contributed by atoms with Gasteiger partial charge in [0.25, 0.3) is 0 Å². The lowest BCUT2D eigenvalue weighted by atomic mass is 9.88. The zero-order valence-corrected chi connectivity index (χ0v) is 23.0. The zero-order chi connectivity index (χ0) is 26.5. The molecule has 39 heavy (non-hydrogen) atoms. The number of thiazole rings is 1. The van der Waals surface area contributed by atoms with Crippen LogP contribution >= 0.6 is 34.5 Å². The molecule has 12 heteroatoms. The van der Waals surface area contributed by atoms with Gasteiger partial charge < -0.3 is 9.26 Å². The Morgan fingerprint density at radius 2 is 1.82 bits per heavy atom. The number of ether oxygens (including phenoxy) is 1. The van der Waals surface area contributed by atoms with Crippen LogP contribution in [0.5, 0.6) is 0 Å². The van der Waals surface area contributed by atoms with Gasteiger partial charge in [0.2, 0.25) is 0 Å². The van der Waals surface area contributed by atoms with Gasteiger partial charge in [0.15, 0.2) is 11.6 Å². The molecule has 2 aliphatic rings. The van der Waals surface area contributed by atoms with Gasteiger partial charge in [0, 0.05) is 28.5 Å². The second-order valence-electron chi connectivity index (χ2n) is 10.1. The predicted molar refractivity (Wildman–Crippen MR) is 146 cm³/mol. The fourth-order valence-electron chi connectivity index (χ4n) is 5.32. The number of tetrazole rings is 1. The third-order valence-electron chi connectivity index (χ3n) is 7.54. The molecule has 200 valence electrons. The topological polar surface area (TPSA) is 103 Å². The number of H-pyrrole nitrogens is 1. The van der Waals surface area contributed by atoms with Crippen LogP contribution in [-0.4, -0.2) is 36.9 Å². The highest BCUT2D eigenvalue weighted by molar-refractivity contribution is 7.18. The lowest BCUT2D eigenvalue weighted by Gasteiger charge is -2.27. The first-order valence-corrected chi connectivity index (χ1v) is 14.5. The number of hydrogen-bond acceptors (Lipinski definition) is 8. The number of aromatic nitrogens is 6. The number of benzene rings is 2. The van der Waals surface area contributed by atoms with Gasteiger partial charge in [0.05, 0.1) is 32.5 Å². The Bertz CT molecular complexity index is 1620. The molecule has 2 aliphatic carbocycles. The van der Waals surface area contributed by atoms with E-state index in [0.717, 1.165) is 59.6 Å². The van der Waals surface area contributed by atoms with E-state index in [0.29, 0.717) is 50.7 Å². The van der Waals surface area contributed by atoms with Gasteiger partial charge in [-0.25, -0.2) is 14.5 Å². The lowest BCUT2D eigenvalue weighted by Crippen LogP contribution is -2.21. The van der Waals surface area contributed by atoms with Crippen molar-refractivity contribution in [3.8, 4) is 22.6 Å². The summed E-state index contributed by atoms with van der Waals surface area (Å²) in [5, 5.41) is 20.1. The minimum atomic E-state index is -0.368. The summed E-state index contributed by atoms with van der Waals surface area (Å²) in [4.78, 5) is 4.66. The van der Waals surface area contributed by atoms with Crippen LogP contribution in [0, 0.1) is 5.82 Å². The lowest BCUT2D eigenvalue weighted by molar-refractivity contribution is 0.0129. The Hall–Kier alpha value is -2.92. The number of rotatable bonds is 7. The van der Waals surface area contributed by atoms with Crippen LogP contribution in [-0.2, 0) is 11.3 Å². The normalized spacial score (nSPS) is 19.7. The highest BCUT2D eigenvalue weighted by Gasteiger charge is 2.34. The highest BCUT2D eigenvalue weighted by atomic mass is 35.5. The Kier molecular flexibility index (Phi) is 6.58. The molecule has 0 bridgehead atoms. The van der Waals surface area contributed by atoms with Crippen LogP contribution in [0.1, 0.15) is 66.7 Å². The second kappa shape index (κ2) is 10.2. The number of fused-ring (bicyclic) bond motifs is 1. The smallest absolute Gasteiger partial charge is 0.179 e. The van der Waals surface area contributed by atoms with Gasteiger partial charge in [-0.1, -0.05) is 34.4 Å². The van der Waals surface area contributed by atoms with Gasteiger partial charge in [-0.05, 0) is 73.2 Å². The predicted octanol–water partition coefficient (Wildman–Crippen LogP) is 7.70. The first-order valence-electron chi connectivity index (χ1n) is 12.9. The highest BCUT2D eigenvalue weighted by Crippen LogP contribution is 2.46. The summed E-state index contributed by atoms with van der Waals surface area (Å²) in [6, 6.07) is 8.73. The molecule has 0 unspecified atom stereocenters. The Balaban J connectivity index is 1.05. The molecule has 2 aromatic carbocycles. The SMILES string of the molecule is Fc1cc(-c2nnn[nH]2)cc2sc([C@H]3CC[C@H](OCc4c(-c5c(Cl)cccc5Cl)noc4C4CC4)CC3)nc12. The van der Waals surface area contributed by atoms with Crippen molar-refractivity contribution in [2.24, 2.45) is 0 Å². The summed E-state index contributed by atoms with van der Waals surface area (Å²) in [6.45, 7) is 0.396. The van der Waals surface area contributed by atoms with E-state index in [4.69, 9.17) is 32.5 Å². The van der Waals surface area contributed by atoms with Crippen molar-refractivity contribution < 1.29 is 13.7 Å². The van der Waals surface area contributed by atoms with E-state index in [2.05, 4.69) is 30.8 Å².